The van der Waals surface area contributed by atoms with Crippen molar-refractivity contribution < 1.29 is 1.43 Å². The maximum Gasteiger partial charge on any atom is 1.00 e. The summed E-state index contributed by atoms with van der Waals surface area (Å²) in [4.78, 5) is 0. The van der Waals surface area contributed by atoms with Crippen LogP contribution in [0.25, 0.3) is 32.7 Å². The predicted octanol–water partition coefficient (Wildman–Crippen LogP) is 5.77. The molecule has 0 aromatic heterocycles. The smallest absolute Gasteiger partial charge is 0.0616 e. The van der Waals surface area contributed by atoms with Crippen molar-refractivity contribution in [1.29, 1.82) is 0 Å². The monoisotopic (exact) mass is 255 g/mol. The highest BCUT2D eigenvalue weighted by molar-refractivity contribution is 6.05. The lowest BCUT2D eigenvalue weighted by Crippen LogP contribution is -1.83. The third-order valence-electron chi connectivity index (χ3n) is 3.87. The van der Waals surface area contributed by atoms with Crippen molar-refractivity contribution in [2.45, 2.75) is 0 Å². The summed E-state index contributed by atoms with van der Waals surface area (Å²) < 4.78 is 0. The van der Waals surface area contributed by atoms with Crippen molar-refractivity contribution >= 4 is 21.5 Å². The molecule has 4 aromatic carbocycles. The fourth-order valence-corrected chi connectivity index (χ4v) is 2.92. The summed E-state index contributed by atoms with van der Waals surface area (Å²) in [6, 6.07) is 30.2. The molecule has 0 amide bonds. The Bertz CT molecular complexity index is 821. The quantitative estimate of drug-likeness (QED) is 0.405. The second kappa shape index (κ2) is 4.50. The topological polar surface area (TPSA) is 0 Å². The molecule has 0 aliphatic rings. The predicted molar refractivity (Wildman–Crippen MR) is 88.0 cm³/mol. The minimum atomic E-state index is 0. The zero-order chi connectivity index (χ0) is 13.4. The lowest BCUT2D eigenvalue weighted by Gasteiger charge is -2.10. The van der Waals surface area contributed by atoms with Crippen molar-refractivity contribution in [3.63, 3.8) is 0 Å². The van der Waals surface area contributed by atoms with Gasteiger partial charge in [0.1, 0.15) is 0 Å². The van der Waals surface area contributed by atoms with Gasteiger partial charge in [-0.25, -0.2) is 0 Å². The number of hydrogen-bond donors (Lipinski definition) is 0. The minimum Gasteiger partial charge on any atom is -0.0616 e. The fraction of sp³-hybridized carbons (Fsp3) is 0. The van der Waals surface area contributed by atoms with Gasteiger partial charge < -0.3 is 0 Å². The van der Waals surface area contributed by atoms with Gasteiger partial charge in [0.15, 0.2) is 0 Å². The van der Waals surface area contributed by atoms with Gasteiger partial charge >= 0.3 is 1.43 Å². The van der Waals surface area contributed by atoms with Gasteiger partial charge in [0.25, 0.3) is 0 Å². The molecule has 0 saturated carbocycles. The summed E-state index contributed by atoms with van der Waals surface area (Å²) >= 11 is 0. The van der Waals surface area contributed by atoms with Crippen molar-refractivity contribution in [1.82, 2.24) is 0 Å². The molecule has 0 bridgehead atoms. The number of hydrogen-bond acceptors (Lipinski definition) is 0. The van der Waals surface area contributed by atoms with Crippen LogP contribution in [0.3, 0.4) is 0 Å². The molecule has 0 aliphatic carbocycles. The normalized spacial score (nSPS) is 11.0. The second-order valence-corrected chi connectivity index (χ2v) is 5.05. The van der Waals surface area contributed by atoms with E-state index in [9.17, 15) is 0 Å². The van der Waals surface area contributed by atoms with Crippen molar-refractivity contribution in [2.75, 3.05) is 0 Å². The Hall–Kier alpha value is -2.60. The van der Waals surface area contributed by atoms with E-state index in [-0.39, 0.29) is 1.43 Å². The van der Waals surface area contributed by atoms with Crippen LogP contribution in [0.15, 0.2) is 84.9 Å². The van der Waals surface area contributed by atoms with Crippen LogP contribution in [-0.2, 0) is 0 Å². The minimum absolute atomic E-state index is 0. The zero-order valence-electron chi connectivity index (χ0n) is 12.1. The van der Waals surface area contributed by atoms with E-state index in [0.29, 0.717) is 0 Å². The molecule has 0 aliphatic heterocycles. The Balaban J connectivity index is 0.00000132. The first-order chi connectivity index (χ1) is 9.93. The maximum absolute atomic E-state index is 2.21. The molecule has 20 heavy (non-hydrogen) atoms. The highest BCUT2D eigenvalue weighted by Crippen LogP contribution is 2.33. The molecule has 0 heteroatoms. The van der Waals surface area contributed by atoms with E-state index in [1.807, 2.05) is 0 Å². The molecule has 0 saturated heterocycles. The number of fused-ring (bicyclic) bond motifs is 2. The first-order valence-electron chi connectivity index (χ1n) is 6.89. The highest BCUT2D eigenvalue weighted by atomic mass is 14.1. The van der Waals surface area contributed by atoms with Gasteiger partial charge in [0.2, 0.25) is 0 Å². The largest absolute Gasteiger partial charge is 1.00 e. The van der Waals surface area contributed by atoms with Gasteiger partial charge in [-0.15, -0.1) is 0 Å². The van der Waals surface area contributed by atoms with E-state index in [1.54, 1.807) is 0 Å². The third kappa shape index (κ3) is 1.70. The van der Waals surface area contributed by atoms with Crippen LogP contribution in [0, 0.1) is 0 Å². The molecule has 0 atom stereocenters. The van der Waals surface area contributed by atoms with Crippen LogP contribution >= 0.6 is 0 Å². The van der Waals surface area contributed by atoms with E-state index in [4.69, 9.17) is 0 Å². The molecule has 0 heterocycles. The molecular formula is C20H15+. The number of benzene rings is 4. The molecular weight excluding hydrogens is 240 g/mol. The SMILES string of the molecule is [H+].c1ccc2c(-c3cccc4ccccc34)cccc2c1. The Labute approximate surface area is 119 Å². The van der Waals surface area contributed by atoms with E-state index in [1.165, 1.54) is 32.7 Å². The van der Waals surface area contributed by atoms with Gasteiger partial charge in [0.05, 0.1) is 0 Å². The summed E-state index contributed by atoms with van der Waals surface area (Å²) in [5.41, 5.74) is 2.61. The molecule has 0 fully saturated rings. The van der Waals surface area contributed by atoms with Gasteiger partial charge in [-0.2, -0.15) is 0 Å². The average Bonchev–Trinajstić information content (AvgIpc) is 2.54. The molecule has 0 N–H and O–H groups in total. The van der Waals surface area contributed by atoms with Gasteiger partial charge in [-0.3, -0.25) is 0 Å². The second-order valence-electron chi connectivity index (χ2n) is 5.05. The van der Waals surface area contributed by atoms with Crippen molar-refractivity contribution in [3.8, 4) is 11.1 Å². The molecule has 94 valence electrons. The van der Waals surface area contributed by atoms with E-state index < -0.39 is 0 Å². The van der Waals surface area contributed by atoms with Gasteiger partial charge in [0, 0.05) is 0 Å². The van der Waals surface area contributed by atoms with E-state index in [0.717, 1.165) is 0 Å². The Kier molecular flexibility index (Phi) is 2.53. The lowest BCUT2D eigenvalue weighted by atomic mass is 9.94. The van der Waals surface area contributed by atoms with Gasteiger partial charge in [-0.1, -0.05) is 84.9 Å². The molecule has 0 spiro atoms. The fourth-order valence-electron chi connectivity index (χ4n) is 2.92. The van der Waals surface area contributed by atoms with Gasteiger partial charge in [-0.05, 0) is 32.7 Å². The molecule has 0 radical (unpaired) electrons. The van der Waals surface area contributed by atoms with Crippen molar-refractivity contribution in [3.05, 3.63) is 84.9 Å². The molecule has 0 unspecified atom stereocenters. The Morgan fingerprint density at radius 3 is 1.30 bits per heavy atom. The Morgan fingerprint density at radius 1 is 0.400 bits per heavy atom. The van der Waals surface area contributed by atoms with Crippen LogP contribution < -0.4 is 0 Å². The average molecular weight is 255 g/mol. The summed E-state index contributed by atoms with van der Waals surface area (Å²) in [5.74, 6) is 0. The maximum atomic E-state index is 2.21. The Morgan fingerprint density at radius 2 is 0.800 bits per heavy atom. The van der Waals surface area contributed by atoms with E-state index in [2.05, 4.69) is 84.9 Å². The van der Waals surface area contributed by atoms with Crippen LogP contribution in [0.1, 0.15) is 1.43 Å². The van der Waals surface area contributed by atoms with Crippen molar-refractivity contribution in [2.24, 2.45) is 0 Å². The lowest BCUT2D eigenvalue weighted by molar-refractivity contribution is 1.68. The summed E-state index contributed by atoms with van der Waals surface area (Å²) in [6.45, 7) is 0. The first-order valence-corrected chi connectivity index (χ1v) is 6.89. The van der Waals surface area contributed by atoms with Crippen LogP contribution in [-0.4, -0.2) is 0 Å². The summed E-state index contributed by atoms with van der Waals surface area (Å²) in [5, 5.41) is 5.20. The molecule has 4 aromatic rings. The third-order valence-corrected chi connectivity index (χ3v) is 3.87. The highest BCUT2D eigenvalue weighted by Gasteiger charge is 2.06. The summed E-state index contributed by atoms with van der Waals surface area (Å²) in [6.07, 6.45) is 0. The van der Waals surface area contributed by atoms with E-state index >= 15 is 0 Å². The van der Waals surface area contributed by atoms with Crippen LogP contribution in [0.5, 0.6) is 0 Å². The first kappa shape index (κ1) is 11.2. The zero-order valence-corrected chi connectivity index (χ0v) is 11.1. The summed E-state index contributed by atoms with van der Waals surface area (Å²) in [7, 11) is 0. The molecule has 0 nitrogen and oxygen atoms in total. The number of rotatable bonds is 1. The van der Waals surface area contributed by atoms with Crippen LogP contribution in [0.2, 0.25) is 0 Å². The molecule has 4 rings (SSSR count). The standard InChI is InChI=1S/C20H14/c1-3-11-17-15(7-1)9-5-13-19(17)20-14-6-10-16-8-2-4-12-18(16)20/h1-14H/p+1. The van der Waals surface area contributed by atoms with Crippen LogP contribution in [0.4, 0.5) is 0 Å².